The molecule has 0 spiro atoms. The van der Waals surface area contributed by atoms with Gasteiger partial charge in [0.25, 0.3) is 11.7 Å². The van der Waals surface area contributed by atoms with Gasteiger partial charge < -0.3 is 19.5 Å². The first-order valence-electron chi connectivity index (χ1n) is 13.0. The summed E-state index contributed by atoms with van der Waals surface area (Å²) in [7, 11) is 1.55. The number of benzene rings is 2. The minimum atomic E-state index is -0.850. The fourth-order valence-corrected chi connectivity index (χ4v) is 5.00. The number of amides is 1. The van der Waals surface area contributed by atoms with Crippen molar-refractivity contribution < 1.29 is 24.2 Å². The number of nitrogens with zero attached hydrogens (tertiary/aromatic N) is 3. The number of aryl methyl sites for hydroxylation is 1. The number of carbonyl (C=O) groups is 2. The summed E-state index contributed by atoms with van der Waals surface area (Å²) >= 11 is 0. The number of likely N-dealkylation sites (tertiary alicyclic amines) is 1. The summed E-state index contributed by atoms with van der Waals surface area (Å²) in [5.74, 6) is -0.639. The van der Waals surface area contributed by atoms with E-state index in [0.29, 0.717) is 40.7 Å². The molecule has 1 amide bonds. The molecule has 8 heteroatoms. The summed E-state index contributed by atoms with van der Waals surface area (Å²) in [6, 6.07) is 19.5. The Morgan fingerprint density at radius 1 is 1.03 bits per heavy atom. The number of rotatable bonds is 9. The smallest absolute Gasteiger partial charge is 0.295 e. The van der Waals surface area contributed by atoms with Crippen molar-refractivity contribution >= 4 is 23.1 Å². The second-order valence-corrected chi connectivity index (χ2v) is 9.50. The van der Waals surface area contributed by atoms with Gasteiger partial charge in [-0.2, -0.15) is 0 Å². The number of ether oxygens (including phenoxy) is 2. The first kappa shape index (κ1) is 26.0. The van der Waals surface area contributed by atoms with Crippen LogP contribution in [0.3, 0.4) is 0 Å². The normalized spacial score (nSPS) is 16.7. The van der Waals surface area contributed by atoms with Crippen LogP contribution in [0, 0.1) is 6.92 Å². The molecule has 1 fully saturated rings. The average Bonchev–Trinajstić information content (AvgIpc) is 3.42. The fourth-order valence-electron chi connectivity index (χ4n) is 5.00. The van der Waals surface area contributed by atoms with Gasteiger partial charge in [-0.15, -0.1) is 0 Å². The molecule has 1 N–H and O–H groups in total. The lowest BCUT2D eigenvalue weighted by atomic mass is 9.95. The molecule has 3 heterocycles. The van der Waals surface area contributed by atoms with Crippen LogP contribution in [0.4, 0.5) is 0 Å². The quantitative estimate of drug-likeness (QED) is 0.135. The number of pyridine rings is 1. The molecule has 0 aliphatic carbocycles. The number of aliphatic hydroxyl groups is 1. The van der Waals surface area contributed by atoms with Crippen molar-refractivity contribution in [3.8, 4) is 11.5 Å². The van der Waals surface area contributed by atoms with E-state index in [2.05, 4.69) is 11.9 Å². The first-order chi connectivity index (χ1) is 18.9. The van der Waals surface area contributed by atoms with Gasteiger partial charge in [-0.05, 0) is 48.7 Å². The molecule has 5 rings (SSSR count). The molecular formula is C31H31N3O5. The van der Waals surface area contributed by atoms with Gasteiger partial charge in [0.05, 0.1) is 31.0 Å². The summed E-state index contributed by atoms with van der Waals surface area (Å²) in [5.41, 5.74) is 3.04. The molecule has 4 aromatic rings. The molecule has 2 aromatic carbocycles. The Morgan fingerprint density at radius 3 is 2.54 bits per heavy atom. The Bertz CT molecular complexity index is 1560. The number of Topliss-reactive ketones (excluding diaryl/α,β-unsaturated/α-hetero) is 1. The maximum absolute atomic E-state index is 13.6. The Hall–Kier alpha value is -4.59. The highest BCUT2D eigenvalue weighted by Gasteiger charge is 2.46. The SMILES string of the molecule is CCCCOc1ccc(C2C(=C(O)c3c(C)nc4ccccn34)C(=O)C(=O)N2Cc2ccccc2)cc1OC. The number of imidazole rings is 1. The fraction of sp³-hybridized carbons (Fsp3) is 0.258. The van der Waals surface area contributed by atoms with E-state index in [-0.39, 0.29) is 17.9 Å². The van der Waals surface area contributed by atoms with Gasteiger partial charge in [-0.3, -0.25) is 14.0 Å². The average molecular weight is 526 g/mol. The lowest BCUT2D eigenvalue weighted by Crippen LogP contribution is -2.29. The van der Waals surface area contributed by atoms with Crippen molar-refractivity contribution in [3.05, 3.63) is 101 Å². The van der Waals surface area contributed by atoms with E-state index < -0.39 is 17.7 Å². The van der Waals surface area contributed by atoms with Crippen molar-refractivity contribution in [3.63, 3.8) is 0 Å². The highest BCUT2D eigenvalue weighted by molar-refractivity contribution is 6.46. The third kappa shape index (κ3) is 4.85. The zero-order valence-corrected chi connectivity index (χ0v) is 22.3. The summed E-state index contributed by atoms with van der Waals surface area (Å²) in [4.78, 5) is 33.1. The van der Waals surface area contributed by atoms with Gasteiger partial charge in [0.2, 0.25) is 0 Å². The van der Waals surface area contributed by atoms with E-state index in [0.717, 1.165) is 18.4 Å². The monoisotopic (exact) mass is 525 g/mol. The molecule has 8 nitrogen and oxygen atoms in total. The number of aromatic nitrogens is 2. The van der Waals surface area contributed by atoms with Crippen LogP contribution in [-0.4, -0.2) is 44.8 Å². The molecular weight excluding hydrogens is 494 g/mol. The van der Waals surface area contributed by atoms with E-state index in [4.69, 9.17) is 9.47 Å². The Balaban J connectivity index is 1.67. The number of carbonyl (C=O) groups excluding carboxylic acids is 2. The maximum atomic E-state index is 13.6. The summed E-state index contributed by atoms with van der Waals surface area (Å²) in [6.45, 7) is 4.59. The van der Waals surface area contributed by atoms with Crippen molar-refractivity contribution in [1.82, 2.24) is 14.3 Å². The van der Waals surface area contributed by atoms with E-state index in [1.54, 1.807) is 36.8 Å². The first-order valence-corrected chi connectivity index (χ1v) is 13.0. The minimum Gasteiger partial charge on any atom is -0.505 e. The molecule has 0 saturated carbocycles. The van der Waals surface area contributed by atoms with E-state index in [1.807, 2.05) is 54.6 Å². The molecule has 1 atom stereocenters. The molecule has 2 aromatic heterocycles. The largest absolute Gasteiger partial charge is 0.505 e. The Kier molecular flexibility index (Phi) is 7.36. The van der Waals surface area contributed by atoms with Crippen LogP contribution in [0.1, 0.15) is 48.3 Å². The summed E-state index contributed by atoms with van der Waals surface area (Å²) in [6.07, 6.45) is 3.67. The van der Waals surface area contributed by atoms with E-state index >= 15 is 0 Å². The second-order valence-electron chi connectivity index (χ2n) is 9.50. The molecule has 1 aliphatic heterocycles. The van der Waals surface area contributed by atoms with Crippen LogP contribution < -0.4 is 9.47 Å². The molecule has 39 heavy (non-hydrogen) atoms. The molecule has 0 bridgehead atoms. The Labute approximate surface area is 227 Å². The number of hydrogen-bond donors (Lipinski definition) is 1. The molecule has 1 saturated heterocycles. The van der Waals surface area contributed by atoms with Crippen LogP contribution in [0.25, 0.3) is 11.4 Å². The van der Waals surface area contributed by atoms with Gasteiger partial charge in [0.15, 0.2) is 17.3 Å². The summed E-state index contributed by atoms with van der Waals surface area (Å²) < 4.78 is 13.2. The standard InChI is InChI=1S/C31H31N3O5/c1-4-5-17-39-23-15-14-22(18-24(23)38-3)28-26(29(35)27-20(2)32-25-13-9-10-16-33(25)27)30(36)31(37)34(28)19-21-11-7-6-8-12-21/h6-16,18,28,35H,4-5,17,19H2,1-3H3. The van der Waals surface area contributed by atoms with Crippen molar-refractivity contribution in [2.24, 2.45) is 0 Å². The van der Waals surface area contributed by atoms with Crippen LogP contribution in [0.15, 0.2) is 78.5 Å². The lowest BCUT2D eigenvalue weighted by molar-refractivity contribution is -0.140. The molecule has 1 aliphatic rings. The van der Waals surface area contributed by atoms with Gasteiger partial charge in [0, 0.05) is 12.7 Å². The number of fused-ring (bicyclic) bond motifs is 1. The third-order valence-corrected chi connectivity index (χ3v) is 6.92. The third-order valence-electron chi connectivity index (χ3n) is 6.92. The Morgan fingerprint density at radius 2 is 1.79 bits per heavy atom. The zero-order valence-electron chi connectivity index (χ0n) is 22.3. The van der Waals surface area contributed by atoms with E-state index in [1.165, 1.54) is 4.90 Å². The molecule has 0 radical (unpaired) electrons. The van der Waals surface area contributed by atoms with E-state index in [9.17, 15) is 14.7 Å². The van der Waals surface area contributed by atoms with Gasteiger partial charge in [-0.1, -0.05) is 55.8 Å². The number of methoxy groups -OCH3 is 1. The number of unbranched alkanes of at least 4 members (excludes halogenated alkanes) is 1. The van der Waals surface area contributed by atoms with Crippen LogP contribution in [-0.2, 0) is 16.1 Å². The van der Waals surface area contributed by atoms with Crippen LogP contribution >= 0.6 is 0 Å². The second kappa shape index (κ2) is 11.0. The van der Waals surface area contributed by atoms with Crippen molar-refractivity contribution in [2.75, 3.05) is 13.7 Å². The topological polar surface area (TPSA) is 93.4 Å². The lowest BCUT2D eigenvalue weighted by Gasteiger charge is -2.26. The van der Waals surface area contributed by atoms with Crippen LogP contribution in [0.5, 0.6) is 11.5 Å². The highest BCUT2D eigenvalue weighted by Crippen LogP contribution is 2.43. The zero-order chi connectivity index (χ0) is 27.5. The predicted octanol–water partition coefficient (Wildman–Crippen LogP) is 5.45. The minimum absolute atomic E-state index is 0.00592. The van der Waals surface area contributed by atoms with Crippen molar-refractivity contribution in [2.45, 2.75) is 39.3 Å². The van der Waals surface area contributed by atoms with Gasteiger partial charge in [-0.25, -0.2) is 4.98 Å². The highest BCUT2D eigenvalue weighted by atomic mass is 16.5. The van der Waals surface area contributed by atoms with Crippen LogP contribution in [0.2, 0.25) is 0 Å². The molecule has 200 valence electrons. The number of hydrogen-bond acceptors (Lipinski definition) is 6. The van der Waals surface area contributed by atoms with Gasteiger partial charge in [0.1, 0.15) is 11.3 Å². The summed E-state index contributed by atoms with van der Waals surface area (Å²) in [5, 5.41) is 11.7. The number of ketones is 1. The van der Waals surface area contributed by atoms with Crippen molar-refractivity contribution in [1.29, 1.82) is 0 Å². The maximum Gasteiger partial charge on any atom is 0.295 e. The molecule has 1 unspecified atom stereocenters. The predicted molar refractivity (Wildman–Crippen MR) is 148 cm³/mol. The van der Waals surface area contributed by atoms with Gasteiger partial charge >= 0.3 is 0 Å². The number of aliphatic hydroxyl groups excluding tert-OH is 1.